The minimum atomic E-state index is -0.373. The number of ether oxygens (including phenoxy) is 3. The van der Waals surface area contributed by atoms with Gasteiger partial charge in [-0.1, -0.05) is 0 Å². The van der Waals surface area contributed by atoms with Crippen molar-refractivity contribution in [2.45, 2.75) is 50.9 Å². The fraction of sp³-hybridized carbons (Fsp3) is 0.909. The fourth-order valence-electron chi connectivity index (χ4n) is 2.16. The first-order chi connectivity index (χ1) is 7.15. The highest BCUT2D eigenvalue weighted by molar-refractivity contribution is 5.79. The second kappa shape index (κ2) is 4.10. The highest BCUT2D eigenvalue weighted by atomic mass is 16.7. The summed E-state index contributed by atoms with van der Waals surface area (Å²) in [5.41, 5.74) is -0.346. The fourth-order valence-corrected chi connectivity index (χ4v) is 2.16. The predicted octanol–water partition coefficient (Wildman–Crippen LogP) is 1.28. The van der Waals surface area contributed by atoms with E-state index in [0.29, 0.717) is 6.61 Å². The van der Waals surface area contributed by atoms with Crippen LogP contribution in [-0.2, 0) is 19.0 Å². The summed E-state index contributed by atoms with van der Waals surface area (Å²) in [6.07, 6.45) is 2.88. The Hall–Kier alpha value is -0.610. The Labute approximate surface area is 89.9 Å². The van der Waals surface area contributed by atoms with E-state index in [1.807, 2.05) is 6.92 Å². The molecule has 2 fully saturated rings. The maximum Gasteiger partial charge on any atom is 0.338 e. The van der Waals surface area contributed by atoms with Crippen LogP contribution in [0.1, 0.15) is 33.1 Å². The minimum Gasteiger partial charge on any atom is -0.464 e. The van der Waals surface area contributed by atoms with E-state index in [2.05, 4.69) is 0 Å². The zero-order chi connectivity index (χ0) is 10.9. The zero-order valence-electron chi connectivity index (χ0n) is 9.32. The van der Waals surface area contributed by atoms with Crippen molar-refractivity contribution >= 4 is 5.97 Å². The highest BCUT2D eigenvalue weighted by Crippen LogP contribution is 2.42. The van der Waals surface area contributed by atoms with Crippen LogP contribution in [0, 0.1) is 0 Å². The Bertz CT molecular complexity index is 247. The molecule has 0 aromatic carbocycles. The quantitative estimate of drug-likeness (QED) is 0.522. The average Bonchev–Trinajstić information content (AvgIpc) is 2.61. The van der Waals surface area contributed by atoms with Crippen molar-refractivity contribution in [3.05, 3.63) is 0 Å². The van der Waals surface area contributed by atoms with Crippen LogP contribution >= 0.6 is 0 Å². The van der Waals surface area contributed by atoms with Crippen molar-refractivity contribution in [2.75, 3.05) is 13.2 Å². The molecule has 2 saturated heterocycles. The van der Waals surface area contributed by atoms with Gasteiger partial charge in [0.15, 0.2) is 6.10 Å². The molecule has 0 saturated carbocycles. The van der Waals surface area contributed by atoms with E-state index >= 15 is 0 Å². The van der Waals surface area contributed by atoms with Gasteiger partial charge in [0.25, 0.3) is 0 Å². The van der Waals surface area contributed by atoms with Crippen molar-refractivity contribution in [1.29, 1.82) is 0 Å². The maximum atomic E-state index is 11.4. The molecule has 2 heterocycles. The predicted molar refractivity (Wildman–Crippen MR) is 53.5 cm³/mol. The van der Waals surface area contributed by atoms with Crippen molar-refractivity contribution in [1.82, 2.24) is 0 Å². The molecule has 3 unspecified atom stereocenters. The molecule has 0 aromatic heterocycles. The van der Waals surface area contributed by atoms with Gasteiger partial charge in [0.2, 0.25) is 0 Å². The van der Waals surface area contributed by atoms with Crippen molar-refractivity contribution in [3.8, 4) is 0 Å². The van der Waals surface area contributed by atoms with E-state index in [0.717, 1.165) is 25.9 Å². The number of rotatable bonds is 4. The zero-order valence-corrected chi connectivity index (χ0v) is 9.32. The first-order valence-corrected chi connectivity index (χ1v) is 5.62. The molecule has 0 aliphatic carbocycles. The highest BCUT2D eigenvalue weighted by Gasteiger charge is 2.58. The third kappa shape index (κ3) is 2.32. The number of hydrogen-bond donors (Lipinski definition) is 0. The summed E-state index contributed by atoms with van der Waals surface area (Å²) < 4.78 is 15.9. The molecule has 2 aliphatic rings. The minimum absolute atomic E-state index is 0.238. The van der Waals surface area contributed by atoms with E-state index < -0.39 is 0 Å². The molecule has 0 aromatic rings. The summed E-state index contributed by atoms with van der Waals surface area (Å²) in [4.78, 5) is 11.4. The number of carbonyl (C=O) groups excluding carboxylic acids is 1. The molecule has 0 spiro atoms. The van der Waals surface area contributed by atoms with E-state index in [1.54, 1.807) is 6.92 Å². The summed E-state index contributed by atoms with van der Waals surface area (Å²) in [5, 5.41) is 0. The monoisotopic (exact) mass is 214 g/mol. The van der Waals surface area contributed by atoms with Crippen LogP contribution in [0.4, 0.5) is 0 Å². The summed E-state index contributed by atoms with van der Waals surface area (Å²) in [6.45, 7) is 5.01. The van der Waals surface area contributed by atoms with Crippen LogP contribution in [-0.4, -0.2) is 37.0 Å². The smallest absolute Gasteiger partial charge is 0.338 e. The number of hydrogen-bond acceptors (Lipinski definition) is 4. The molecular formula is C11H18O4. The molecule has 0 radical (unpaired) electrons. The second-order valence-corrected chi connectivity index (χ2v) is 4.40. The van der Waals surface area contributed by atoms with Crippen molar-refractivity contribution in [3.63, 3.8) is 0 Å². The van der Waals surface area contributed by atoms with Crippen LogP contribution in [0.25, 0.3) is 0 Å². The summed E-state index contributed by atoms with van der Waals surface area (Å²) in [7, 11) is 0. The Morgan fingerprint density at radius 3 is 3.00 bits per heavy atom. The molecule has 2 aliphatic heterocycles. The second-order valence-electron chi connectivity index (χ2n) is 4.40. The number of esters is 1. The normalized spacial score (nSPS) is 39.1. The molecular weight excluding hydrogens is 196 g/mol. The van der Waals surface area contributed by atoms with E-state index in [-0.39, 0.29) is 23.8 Å². The van der Waals surface area contributed by atoms with Crippen LogP contribution in [0.5, 0.6) is 0 Å². The molecule has 0 bridgehead atoms. The largest absolute Gasteiger partial charge is 0.464 e. The van der Waals surface area contributed by atoms with Gasteiger partial charge in [-0.25, -0.2) is 4.79 Å². The van der Waals surface area contributed by atoms with Gasteiger partial charge >= 0.3 is 5.97 Å². The van der Waals surface area contributed by atoms with Gasteiger partial charge in [-0.15, -0.1) is 0 Å². The first kappa shape index (κ1) is 10.9. The Morgan fingerprint density at radius 1 is 1.60 bits per heavy atom. The van der Waals surface area contributed by atoms with Gasteiger partial charge in [0, 0.05) is 13.0 Å². The summed E-state index contributed by atoms with van der Waals surface area (Å²) >= 11 is 0. The van der Waals surface area contributed by atoms with E-state index in [1.165, 1.54) is 0 Å². The van der Waals surface area contributed by atoms with Crippen molar-refractivity contribution in [2.24, 2.45) is 0 Å². The molecule has 0 N–H and O–H groups in total. The van der Waals surface area contributed by atoms with Gasteiger partial charge in [-0.3, -0.25) is 0 Å². The lowest BCUT2D eigenvalue weighted by Gasteiger charge is -2.12. The average molecular weight is 214 g/mol. The van der Waals surface area contributed by atoms with Crippen LogP contribution in [0.3, 0.4) is 0 Å². The molecule has 15 heavy (non-hydrogen) atoms. The first-order valence-electron chi connectivity index (χ1n) is 5.62. The van der Waals surface area contributed by atoms with Crippen LogP contribution in [0.2, 0.25) is 0 Å². The summed E-state index contributed by atoms with van der Waals surface area (Å²) in [6, 6.07) is 0. The van der Waals surface area contributed by atoms with Crippen LogP contribution < -0.4 is 0 Å². The molecule has 86 valence electrons. The maximum absolute atomic E-state index is 11.4. The number of carbonyl (C=O) groups is 1. The Kier molecular flexibility index (Phi) is 2.98. The lowest BCUT2D eigenvalue weighted by molar-refractivity contribution is -0.144. The van der Waals surface area contributed by atoms with Crippen molar-refractivity contribution < 1.29 is 19.0 Å². The molecule has 4 heteroatoms. The van der Waals surface area contributed by atoms with Gasteiger partial charge in [0.1, 0.15) is 5.60 Å². The van der Waals surface area contributed by atoms with Gasteiger partial charge in [-0.05, 0) is 26.7 Å². The number of epoxide rings is 1. The molecule has 2 rings (SSSR count). The topological polar surface area (TPSA) is 48.1 Å². The molecule has 3 atom stereocenters. The van der Waals surface area contributed by atoms with Gasteiger partial charge in [0.05, 0.1) is 12.7 Å². The van der Waals surface area contributed by atoms with Gasteiger partial charge < -0.3 is 14.2 Å². The Balaban J connectivity index is 1.80. The lowest BCUT2D eigenvalue weighted by atomic mass is 9.98. The van der Waals surface area contributed by atoms with Gasteiger partial charge in [-0.2, -0.15) is 0 Å². The third-order valence-corrected chi connectivity index (χ3v) is 3.04. The molecule has 4 nitrogen and oxygen atoms in total. The van der Waals surface area contributed by atoms with E-state index in [9.17, 15) is 4.79 Å². The molecule has 0 amide bonds. The standard InChI is InChI=1S/C11H18O4/c1-3-13-10(12)9-11(2,15-9)7-8-5-4-6-14-8/h8-9H,3-7H2,1-2H3. The summed E-state index contributed by atoms with van der Waals surface area (Å²) in [5.74, 6) is -0.238. The third-order valence-electron chi connectivity index (χ3n) is 3.04. The Morgan fingerprint density at radius 2 is 2.40 bits per heavy atom. The van der Waals surface area contributed by atoms with Crippen LogP contribution in [0.15, 0.2) is 0 Å². The van der Waals surface area contributed by atoms with E-state index in [4.69, 9.17) is 14.2 Å². The SMILES string of the molecule is CCOC(=O)C1OC1(C)CC1CCCO1. The lowest BCUT2D eigenvalue weighted by Crippen LogP contribution is -2.24.